The number of esters is 4. The van der Waals surface area contributed by atoms with Crippen molar-refractivity contribution in [3.8, 4) is 0 Å². The molecule has 0 spiro atoms. The van der Waals surface area contributed by atoms with Gasteiger partial charge in [0.25, 0.3) is 0 Å². The molecule has 0 rings (SSSR count). The molecule has 0 bridgehead atoms. The highest BCUT2D eigenvalue weighted by Gasteiger charge is 2.30. The van der Waals surface area contributed by atoms with Crippen LogP contribution in [0.5, 0.6) is 0 Å². The van der Waals surface area contributed by atoms with E-state index in [0.29, 0.717) is 25.7 Å². The number of ether oxygens (including phenoxy) is 4. The molecule has 0 saturated carbocycles. The highest BCUT2D eigenvalue weighted by atomic mass is 31.2. The molecule has 576 valence electrons. The number of aliphatic hydroxyl groups excluding tert-OH is 1. The standard InChI is InChI=1S/C78H152O17P2/c1-7-11-13-15-17-19-21-22-23-24-25-26-27-28-29-30-31-37-44-50-56-62-77(82)94-73(66-89-76(81)61-55-49-43-36-33-32-34-40-46-52-58-70(5)9-3)68-92-96(84,85)90-64-72(79)65-91-97(86,87)93-69-74(67-88-75(80)60-54-48-42-35-20-18-16-14-12-8-2)95-78(83)63-57-51-45-39-38-41-47-53-59-71(6)10-4/h70-74,79H,7-69H2,1-6H3,(H,84,85)(H,86,87)/t70?,71?,72-,73-,74-/m1/s1. The molecule has 0 radical (unpaired) electrons. The van der Waals surface area contributed by atoms with Crippen LogP contribution in [0.2, 0.25) is 0 Å². The topological polar surface area (TPSA) is 237 Å². The molecule has 0 amide bonds. The highest BCUT2D eigenvalue weighted by molar-refractivity contribution is 7.47. The Labute approximate surface area is 594 Å². The van der Waals surface area contributed by atoms with Gasteiger partial charge in [-0.2, -0.15) is 0 Å². The summed E-state index contributed by atoms with van der Waals surface area (Å²) in [4.78, 5) is 72.9. The number of phosphoric ester groups is 2. The number of unbranched alkanes of at least 4 members (excludes halogenated alkanes) is 45. The van der Waals surface area contributed by atoms with Crippen molar-refractivity contribution in [2.24, 2.45) is 11.8 Å². The second kappa shape index (κ2) is 69.8. The third-order valence-electron chi connectivity index (χ3n) is 18.9. The fraction of sp³-hybridized carbons (Fsp3) is 0.949. The summed E-state index contributed by atoms with van der Waals surface area (Å²) in [6.45, 7) is 9.62. The molecule has 0 heterocycles. The minimum atomic E-state index is -4.96. The van der Waals surface area contributed by atoms with E-state index < -0.39 is 97.5 Å². The number of carbonyl (C=O) groups excluding carboxylic acids is 4. The molecule has 0 aromatic heterocycles. The van der Waals surface area contributed by atoms with Crippen LogP contribution >= 0.6 is 15.6 Å². The third kappa shape index (κ3) is 69.5. The Bertz CT molecular complexity index is 1880. The maximum Gasteiger partial charge on any atom is 0.472 e. The van der Waals surface area contributed by atoms with Crippen molar-refractivity contribution in [1.29, 1.82) is 0 Å². The van der Waals surface area contributed by atoms with E-state index in [4.69, 9.17) is 37.0 Å². The summed E-state index contributed by atoms with van der Waals surface area (Å²) < 4.78 is 68.6. The van der Waals surface area contributed by atoms with Crippen LogP contribution < -0.4 is 0 Å². The maximum absolute atomic E-state index is 13.1. The van der Waals surface area contributed by atoms with Crippen molar-refractivity contribution in [3.63, 3.8) is 0 Å². The normalized spacial score (nSPS) is 14.5. The maximum atomic E-state index is 13.1. The molecule has 0 aliphatic carbocycles. The van der Waals surface area contributed by atoms with Crippen molar-refractivity contribution in [3.05, 3.63) is 0 Å². The van der Waals surface area contributed by atoms with Crippen molar-refractivity contribution in [2.75, 3.05) is 39.6 Å². The summed E-state index contributed by atoms with van der Waals surface area (Å²) in [5, 5.41) is 10.6. The lowest BCUT2D eigenvalue weighted by molar-refractivity contribution is -0.161. The van der Waals surface area contributed by atoms with Gasteiger partial charge in [-0.05, 0) is 37.5 Å². The molecule has 17 nitrogen and oxygen atoms in total. The first-order valence-electron chi connectivity index (χ1n) is 40.6. The SMILES string of the molecule is CCCCCCCCCCCCCCCCCCCCCCCC(=O)O[C@H](COC(=O)CCCCCCCCCCCCC(C)CC)COP(=O)(O)OC[C@@H](O)COP(=O)(O)OC[C@@H](COC(=O)CCCCCCCCCCCC)OC(=O)CCCCCCCCCCC(C)CC. The summed E-state index contributed by atoms with van der Waals surface area (Å²) in [6, 6.07) is 0. The van der Waals surface area contributed by atoms with Gasteiger partial charge in [0.2, 0.25) is 0 Å². The lowest BCUT2D eigenvalue weighted by Crippen LogP contribution is -2.30. The van der Waals surface area contributed by atoms with Gasteiger partial charge >= 0.3 is 39.5 Å². The van der Waals surface area contributed by atoms with E-state index in [-0.39, 0.29) is 25.7 Å². The number of hydrogen-bond acceptors (Lipinski definition) is 15. The molecule has 0 saturated heterocycles. The fourth-order valence-corrected chi connectivity index (χ4v) is 13.5. The highest BCUT2D eigenvalue weighted by Crippen LogP contribution is 2.45. The lowest BCUT2D eigenvalue weighted by Gasteiger charge is -2.21. The molecule has 0 aliphatic rings. The molecule has 0 fully saturated rings. The van der Waals surface area contributed by atoms with Gasteiger partial charge in [0, 0.05) is 25.7 Å². The predicted molar refractivity (Wildman–Crippen MR) is 395 cm³/mol. The predicted octanol–water partition coefficient (Wildman–Crippen LogP) is 23.1. The molecule has 19 heteroatoms. The van der Waals surface area contributed by atoms with E-state index in [1.165, 1.54) is 225 Å². The van der Waals surface area contributed by atoms with Gasteiger partial charge in [0.1, 0.15) is 19.3 Å². The summed E-state index contributed by atoms with van der Waals surface area (Å²) >= 11 is 0. The first-order valence-corrected chi connectivity index (χ1v) is 43.6. The van der Waals surface area contributed by atoms with Crippen LogP contribution in [0.25, 0.3) is 0 Å². The largest absolute Gasteiger partial charge is 0.472 e. The van der Waals surface area contributed by atoms with E-state index in [9.17, 15) is 43.2 Å². The number of hydrogen-bond donors (Lipinski definition) is 3. The molecule has 0 aliphatic heterocycles. The van der Waals surface area contributed by atoms with Crippen LogP contribution in [0.1, 0.15) is 408 Å². The number of aliphatic hydroxyl groups is 1. The van der Waals surface area contributed by atoms with Gasteiger partial charge in [-0.3, -0.25) is 37.3 Å². The van der Waals surface area contributed by atoms with Crippen molar-refractivity contribution < 1.29 is 80.2 Å². The number of carbonyl (C=O) groups is 4. The number of phosphoric acid groups is 2. The monoisotopic (exact) mass is 1420 g/mol. The van der Waals surface area contributed by atoms with Gasteiger partial charge in [-0.25, -0.2) is 9.13 Å². The van der Waals surface area contributed by atoms with E-state index in [2.05, 4.69) is 41.5 Å². The molecule has 0 aromatic rings. The molecule has 97 heavy (non-hydrogen) atoms. The van der Waals surface area contributed by atoms with E-state index in [1.807, 2.05) is 0 Å². The summed E-state index contributed by atoms with van der Waals surface area (Å²) in [7, 11) is -9.91. The Morgan fingerprint density at radius 3 is 0.732 bits per heavy atom. The average molecular weight is 1420 g/mol. The van der Waals surface area contributed by atoms with Crippen LogP contribution in [-0.4, -0.2) is 96.7 Å². The fourth-order valence-electron chi connectivity index (χ4n) is 11.9. The van der Waals surface area contributed by atoms with Gasteiger partial charge < -0.3 is 33.8 Å². The van der Waals surface area contributed by atoms with Gasteiger partial charge in [0.15, 0.2) is 12.2 Å². The Balaban J connectivity index is 5.21. The molecule has 0 aromatic carbocycles. The van der Waals surface area contributed by atoms with E-state index in [0.717, 1.165) is 102 Å². The molecule has 3 N–H and O–H groups in total. The van der Waals surface area contributed by atoms with Gasteiger partial charge in [-0.1, -0.05) is 356 Å². The quantitative estimate of drug-likeness (QED) is 0.0222. The van der Waals surface area contributed by atoms with Crippen LogP contribution in [0.15, 0.2) is 0 Å². The molecular weight excluding hydrogens is 1270 g/mol. The van der Waals surface area contributed by atoms with Crippen molar-refractivity contribution in [2.45, 2.75) is 426 Å². The van der Waals surface area contributed by atoms with E-state index >= 15 is 0 Å². The number of rotatable bonds is 77. The van der Waals surface area contributed by atoms with Crippen LogP contribution in [0, 0.1) is 11.8 Å². The lowest BCUT2D eigenvalue weighted by atomic mass is 9.99. The van der Waals surface area contributed by atoms with Crippen LogP contribution in [0.3, 0.4) is 0 Å². The molecule has 7 atom stereocenters. The van der Waals surface area contributed by atoms with Gasteiger partial charge in [0.05, 0.1) is 26.4 Å². The second-order valence-electron chi connectivity index (χ2n) is 28.6. The Morgan fingerprint density at radius 2 is 0.495 bits per heavy atom. The second-order valence-corrected chi connectivity index (χ2v) is 31.5. The Kier molecular flexibility index (Phi) is 68.4. The zero-order chi connectivity index (χ0) is 71.4. The zero-order valence-electron chi connectivity index (χ0n) is 63.4. The van der Waals surface area contributed by atoms with E-state index in [1.54, 1.807) is 0 Å². The average Bonchev–Trinajstić information content (AvgIpc) is 1.11. The smallest absolute Gasteiger partial charge is 0.462 e. The Hall–Kier alpha value is -1.94. The Morgan fingerprint density at radius 1 is 0.289 bits per heavy atom. The first-order chi connectivity index (χ1) is 46.9. The first kappa shape index (κ1) is 95.1. The van der Waals surface area contributed by atoms with Crippen LogP contribution in [-0.2, 0) is 65.4 Å². The molecular formula is C78H152O17P2. The third-order valence-corrected chi connectivity index (χ3v) is 20.8. The van der Waals surface area contributed by atoms with Gasteiger partial charge in [-0.15, -0.1) is 0 Å². The molecule has 4 unspecified atom stereocenters. The zero-order valence-corrected chi connectivity index (χ0v) is 65.2. The summed E-state index contributed by atoms with van der Waals surface area (Å²) in [5.74, 6) is -0.536. The minimum Gasteiger partial charge on any atom is -0.462 e. The minimum absolute atomic E-state index is 0.105. The van der Waals surface area contributed by atoms with Crippen LogP contribution in [0.4, 0.5) is 0 Å². The van der Waals surface area contributed by atoms with Crippen molar-refractivity contribution in [1.82, 2.24) is 0 Å². The summed E-state index contributed by atoms with van der Waals surface area (Å²) in [6.07, 6.45) is 58.2. The van der Waals surface area contributed by atoms with Crippen molar-refractivity contribution >= 4 is 39.5 Å². The summed E-state index contributed by atoms with van der Waals surface area (Å²) in [5.41, 5.74) is 0.